The van der Waals surface area contributed by atoms with Gasteiger partial charge in [0, 0.05) is 70.7 Å². The number of hydrogen-bond acceptors (Lipinski definition) is 5. The van der Waals surface area contributed by atoms with Crippen molar-refractivity contribution < 1.29 is 4.79 Å². The topological polar surface area (TPSA) is 65.4 Å². The summed E-state index contributed by atoms with van der Waals surface area (Å²) in [6.45, 7) is 7.07. The molecule has 2 aromatic heterocycles. The zero-order chi connectivity index (χ0) is 27.0. The molecule has 7 nitrogen and oxygen atoms in total. The van der Waals surface area contributed by atoms with Gasteiger partial charge in [0.05, 0.1) is 11.9 Å². The minimum absolute atomic E-state index is 0.0423. The predicted octanol–water partition coefficient (Wildman–Crippen LogP) is 4.31. The number of carbonyl (C=O) groups is 1. The first-order valence-electron chi connectivity index (χ1n) is 13.3. The minimum atomic E-state index is 0.0423. The first-order chi connectivity index (χ1) is 18.3. The molecule has 2 aliphatic rings. The lowest BCUT2D eigenvalue weighted by molar-refractivity contribution is 0.0827. The molecule has 0 saturated heterocycles. The van der Waals surface area contributed by atoms with Gasteiger partial charge in [0.25, 0.3) is 5.91 Å². The number of hydrogen-bond donors (Lipinski definition) is 2. The zero-order valence-electron chi connectivity index (χ0n) is 23.3. The smallest absolute Gasteiger partial charge is 0.253 e. The van der Waals surface area contributed by atoms with E-state index in [1.807, 2.05) is 25.4 Å². The highest BCUT2D eigenvalue weighted by Gasteiger charge is 2.21. The average Bonchev–Trinajstić information content (AvgIpc) is 3.23. The third kappa shape index (κ3) is 4.86. The van der Waals surface area contributed by atoms with Gasteiger partial charge in [0.2, 0.25) is 0 Å². The number of benzene rings is 1. The van der Waals surface area contributed by atoms with Gasteiger partial charge in [0.15, 0.2) is 0 Å². The van der Waals surface area contributed by atoms with Crippen LogP contribution in [0.15, 0.2) is 60.6 Å². The van der Waals surface area contributed by atoms with Crippen LogP contribution >= 0.6 is 0 Å². The van der Waals surface area contributed by atoms with Gasteiger partial charge in [-0.1, -0.05) is 18.2 Å². The van der Waals surface area contributed by atoms with Crippen molar-refractivity contribution in [1.82, 2.24) is 30.0 Å². The molecule has 0 saturated carbocycles. The molecule has 7 heteroatoms. The molecule has 0 radical (unpaired) electrons. The van der Waals surface area contributed by atoms with E-state index in [2.05, 4.69) is 77.4 Å². The van der Waals surface area contributed by atoms with E-state index in [1.54, 1.807) is 19.0 Å². The summed E-state index contributed by atoms with van der Waals surface area (Å²) in [5, 5.41) is 7.91. The van der Waals surface area contributed by atoms with Crippen LogP contribution in [-0.2, 0) is 13.6 Å². The SMILES string of the molecule is CNC1=CC=C(c2ccnc3c2cc(CN2CC=C(c4ccc(C(=O)N(C)C)cc4C)CC2)n3C)C(C)N1. The number of nitrogens with one attached hydrogen (secondary N) is 2. The Kier molecular flexibility index (Phi) is 7.13. The molecule has 5 rings (SSSR count). The van der Waals surface area contributed by atoms with Gasteiger partial charge in [-0.15, -0.1) is 0 Å². The van der Waals surface area contributed by atoms with Gasteiger partial charge < -0.3 is 20.1 Å². The number of pyridine rings is 1. The molecule has 0 fully saturated rings. The first kappa shape index (κ1) is 25.8. The van der Waals surface area contributed by atoms with Crippen molar-refractivity contribution in [2.45, 2.75) is 32.9 Å². The van der Waals surface area contributed by atoms with E-state index >= 15 is 0 Å². The molecule has 2 N–H and O–H groups in total. The molecule has 1 aromatic carbocycles. The highest BCUT2D eigenvalue weighted by molar-refractivity contribution is 5.95. The van der Waals surface area contributed by atoms with Crippen molar-refractivity contribution in [1.29, 1.82) is 0 Å². The third-order valence-corrected chi connectivity index (χ3v) is 7.78. The Balaban J connectivity index is 1.35. The summed E-state index contributed by atoms with van der Waals surface area (Å²) >= 11 is 0. The van der Waals surface area contributed by atoms with Crippen LogP contribution in [0.25, 0.3) is 22.2 Å². The number of dihydropyridines is 1. The van der Waals surface area contributed by atoms with Crippen molar-refractivity contribution in [2.75, 3.05) is 34.2 Å². The summed E-state index contributed by atoms with van der Waals surface area (Å²) in [7, 11) is 7.63. The van der Waals surface area contributed by atoms with E-state index in [9.17, 15) is 4.79 Å². The van der Waals surface area contributed by atoms with E-state index in [4.69, 9.17) is 4.98 Å². The average molecular weight is 511 g/mol. The maximum Gasteiger partial charge on any atom is 0.253 e. The number of aromatic nitrogens is 2. The van der Waals surface area contributed by atoms with Crippen LogP contribution in [0.4, 0.5) is 0 Å². The molecule has 38 heavy (non-hydrogen) atoms. The van der Waals surface area contributed by atoms with Crippen molar-refractivity contribution in [2.24, 2.45) is 7.05 Å². The van der Waals surface area contributed by atoms with Crippen LogP contribution in [-0.4, -0.2) is 65.5 Å². The number of carbonyl (C=O) groups excluding carboxylic acids is 1. The quantitative estimate of drug-likeness (QED) is 0.518. The van der Waals surface area contributed by atoms with E-state index in [1.165, 1.54) is 33.4 Å². The maximum absolute atomic E-state index is 12.3. The predicted molar refractivity (Wildman–Crippen MR) is 155 cm³/mol. The van der Waals surface area contributed by atoms with Gasteiger partial charge in [-0.3, -0.25) is 9.69 Å². The molecular weight excluding hydrogens is 472 g/mol. The molecular formula is C31H38N6O. The molecule has 198 valence electrons. The standard InChI is InChI=1S/C31H38N6O/c1-20-17-23(31(38)35(4)5)7-8-25(20)22-12-15-37(16-13-22)19-24-18-28-27(11-14-33-30(28)36(24)6)26-9-10-29(32-3)34-21(26)2/h7-12,14,17-18,21,32,34H,13,15-16,19H2,1-6H3. The summed E-state index contributed by atoms with van der Waals surface area (Å²) in [5.74, 6) is 1.08. The largest absolute Gasteiger partial charge is 0.375 e. The van der Waals surface area contributed by atoms with Crippen molar-refractivity contribution in [3.8, 4) is 0 Å². The highest BCUT2D eigenvalue weighted by atomic mass is 16.2. The van der Waals surface area contributed by atoms with Gasteiger partial charge in [-0.05, 0) is 78.4 Å². The Hall–Kier alpha value is -3.84. The molecule has 4 heterocycles. The van der Waals surface area contributed by atoms with Gasteiger partial charge in [0.1, 0.15) is 5.65 Å². The Bertz CT molecular complexity index is 1480. The fourth-order valence-corrected chi connectivity index (χ4v) is 5.57. The summed E-state index contributed by atoms with van der Waals surface area (Å²) in [6.07, 6.45) is 9.56. The fraction of sp³-hybridized carbons (Fsp3) is 0.355. The Labute approximate surface area is 225 Å². The summed E-state index contributed by atoms with van der Waals surface area (Å²) in [6, 6.07) is 10.7. The number of rotatable bonds is 6. The lowest BCUT2D eigenvalue weighted by Gasteiger charge is -2.27. The maximum atomic E-state index is 12.3. The number of allylic oxidation sites excluding steroid dienone is 2. The summed E-state index contributed by atoms with van der Waals surface area (Å²) in [4.78, 5) is 21.2. The van der Waals surface area contributed by atoms with Gasteiger partial charge >= 0.3 is 0 Å². The Morgan fingerprint density at radius 3 is 2.66 bits per heavy atom. The second-order valence-electron chi connectivity index (χ2n) is 10.6. The monoisotopic (exact) mass is 510 g/mol. The van der Waals surface area contributed by atoms with E-state index < -0.39 is 0 Å². The number of aryl methyl sites for hydroxylation is 2. The second kappa shape index (κ2) is 10.5. The summed E-state index contributed by atoms with van der Waals surface area (Å²) < 4.78 is 2.24. The van der Waals surface area contributed by atoms with Crippen LogP contribution in [0.1, 0.15) is 46.1 Å². The normalized spacial score (nSPS) is 17.9. The van der Waals surface area contributed by atoms with E-state index in [0.29, 0.717) is 0 Å². The van der Waals surface area contributed by atoms with Crippen molar-refractivity contribution >= 4 is 28.1 Å². The Morgan fingerprint density at radius 1 is 1.18 bits per heavy atom. The van der Waals surface area contributed by atoms with Crippen LogP contribution in [0.5, 0.6) is 0 Å². The molecule has 0 spiro atoms. The second-order valence-corrected chi connectivity index (χ2v) is 10.6. The third-order valence-electron chi connectivity index (χ3n) is 7.78. The molecule has 3 aromatic rings. The lowest BCUT2D eigenvalue weighted by Crippen LogP contribution is -2.34. The molecule has 1 atom stereocenters. The number of nitrogens with zero attached hydrogens (tertiary/aromatic N) is 4. The van der Waals surface area contributed by atoms with Crippen LogP contribution < -0.4 is 10.6 Å². The number of fused-ring (bicyclic) bond motifs is 1. The number of amides is 1. The lowest BCUT2D eigenvalue weighted by atomic mass is 9.94. The minimum Gasteiger partial charge on any atom is -0.375 e. The van der Waals surface area contributed by atoms with Gasteiger partial charge in [-0.25, -0.2) is 4.98 Å². The molecule has 1 amide bonds. The molecule has 2 aliphatic heterocycles. The van der Waals surface area contributed by atoms with E-state index in [0.717, 1.165) is 48.7 Å². The first-order valence-corrected chi connectivity index (χ1v) is 13.3. The zero-order valence-corrected chi connectivity index (χ0v) is 23.3. The molecule has 0 aliphatic carbocycles. The van der Waals surface area contributed by atoms with Crippen molar-refractivity contribution in [3.05, 3.63) is 88.5 Å². The molecule has 0 bridgehead atoms. The van der Waals surface area contributed by atoms with Gasteiger partial charge in [-0.2, -0.15) is 0 Å². The summed E-state index contributed by atoms with van der Waals surface area (Å²) in [5.41, 5.74) is 9.30. The highest BCUT2D eigenvalue weighted by Crippen LogP contribution is 2.31. The van der Waals surface area contributed by atoms with Crippen LogP contribution in [0.2, 0.25) is 0 Å². The van der Waals surface area contributed by atoms with Crippen LogP contribution in [0, 0.1) is 6.92 Å². The fourth-order valence-electron chi connectivity index (χ4n) is 5.57. The molecule has 1 unspecified atom stereocenters. The Morgan fingerprint density at radius 2 is 2.00 bits per heavy atom. The van der Waals surface area contributed by atoms with Crippen molar-refractivity contribution in [3.63, 3.8) is 0 Å². The van der Waals surface area contributed by atoms with E-state index in [-0.39, 0.29) is 11.9 Å². The van der Waals surface area contributed by atoms with Crippen LogP contribution in [0.3, 0.4) is 0 Å².